The number of quaternary nitrogens is 1. The summed E-state index contributed by atoms with van der Waals surface area (Å²) in [6, 6.07) is 13.1. The van der Waals surface area contributed by atoms with E-state index in [4.69, 9.17) is 16.3 Å². The van der Waals surface area contributed by atoms with Crippen molar-refractivity contribution in [1.82, 2.24) is 0 Å². The van der Waals surface area contributed by atoms with E-state index in [2.05, 4.69) is 29.4 Å². The Balaban J connectivity index is 1.41. The number of carbonyl (C=O) groups is 1. The number of hydrogen-bond donors (Lipinski definition) is 1. The van der Waals surface area contributed by atoms with Crippen molar-refractivity contribution in [2.45, 2.75) is 43.1 Å². The van der Waals surface area contributed by atoms with Gasteiger partial charge in [-0.05, 0) is 60.5 Å². The molecule has 1 heterocycles. The zero-order valence-electron chi connectivity index (χ0n) is 19.3. The number of carbonyl (C=O) groups excluding carboxylic acids is 1. The van der Waals surface area contributed by atoms with Crippen LogP contribution in [0.5, 0.6) is 0 Å². The number of rotatable bonds is 7. The Kier molecular flexibility index (Phi) is 8.24. The number of benzene rings is 2. The van der Waals surface area contributed by atoms with Gasteiger partial charge < -0.3 is 10.1 Å². The molecule has 0 aromatic heterocycles. The molecule has 1 amide bonds. The van der Waals surface area contributed by atoms with Crippen LogP contribution in [0, 0.1) is 5.82 Å². The smallest absolute Gasteiger partial charge is 0.250 e. The van der Waals surface area contributed by atoms with Crippen LogP contribution in [0.4, 0.5) is 4.39 Å². The highest BCUT2D eigenvalue weighted by molar-refractivity contribution is 7.78. The first-order chi connectivity index (χ1) is 16.5. The molecule has 178 valence electrons. The molecule has 34 heavy (non-hydrogen) atoms. The molecule has 0 spiro atoms. The Morgan fingerprint density at radius 3 is 2.59 bits per heavy atom. The van der Waals surface area contributed by atoms with Gasteiger partial charge in [0.25, 0.3) is 0 Å². The lowest BCUT2D eigenvalue weighted by Gasteiger charge is -2.37. The fourth-order valence-electron chi connectivity index (χ4n) is 4.35. The van der Waals surface area contributed by atoms with Crippen LogP contribution in [0.2, 0.25) is 5.02 Å². The fraction of sp³-hybridized carbons (Fsp3) is 0.333. The average molecular weight is 501 g/mol. The topological polar surface area (TPSA) is 55.3 Å². The first-order valence-corrected chi connectivity index (χ1v) is 13.1. The predicted octanol–water partition coefficient (Wildman–Crippen LogP) is 4.30. The number of nitrogens with two attached hydrogens (primary N) is 1. The van der Waals surface area contributed by atoms with E-state index in [1.54, 1.807) is 6.07 Å². The molecule has 0 saturated carbocycles. The van der Waals surface area contributed by atoms with Crippen molar-refractivity contribution in [1.29, 1.82) is 0 Å². The summed E-state index contributed by atoms with van der Waals surface area (Å²) in [7, 11) is 0. The number of halogens is 2. The zero-order chi connectivity index (χ0) is 24.0. The van der Waals surface area contributed by atoms with Crippen LogP contribution in [0.15, 0.2) is 76.3 Å². The Morgan fingerprint density at radius 2 is 1.94 bits per heavy atom. The normalized spacial score (nSPS) is 18.6. The number of thiol groups is 1. The van der Waals surface area contributed by atoms with Gasteiger partial charge in [-0.25, -0.2) is 9.38 Å². The SMILES string of the molecule is CC[SH+]c1ccc(CC(=O)N=C2C=CC(OC3(c4ccc(Cl)c(F)c4)CC[NH2+]CC3)=CC2)cc1. The van der Waals surface area contributed by atoms with Gasteiger partial charge in [-0.2, -0.15) is 0 Å². The number of allylic oxidation sites excluding steroid dienone is 3. The number of nitrogens with zero attached hydrogens (tertiary/aromatic N) is 1. The molecule has 2 N–H and O–H groups in total. The number of amides is 1. The predicted molar refractivity (Wildman–Crippen MR) is 137 cm³/mol. The highest BCUT2D eigenvalue weighted by Crippen LogP contribution is 2.37. The molecule has 2 aromatic rings. The molecule has 0 unspecified atom stereocenters. The number of piperidine rings is 1. The van der Waals surface area contributed by atoms with E-state index in [9.17, 15) is 9.18 Å². The van der Waals surface area contributed by atoms with Gasteiger partial charge in [-0.1, -0.05) is 29.8 Å². The molecule has 0 atom stereocenters. The van der Waals surface area contributed by atoms with Crippen molar-refractivity contribution in [2.24, 2.45) is 4.99 Å². The molecule has 0 radical (unpaired) electrons. The minimum atomic E-state index is -0.593. The maximum absolute atomic E-state index is 14.2. The lowest BCUT2D eigenvalue weighted by Crippen LogP contribution is -2.87. The van der Waals surface area contributed by atoms with Gasteiger partial charge in [-0.15, -0.1) is 0 Å². The van der Waals surface area contributed by atoms with E-state index in [0.717, 1.165) is 42.8 Å². The summed E-state index contributed by atoms with van der Waals surface area (Å²) in [5.41, 5.74) is 1.89. The van der Waals surface area contributed by atoms with Gasteiger partial charge in [0, 0.05) is 36.7 Å². The quantitative estimate of drug-likeness (QED) is 0.455. The minimum Gasteiger partial charge on any atom is -0.482 e. The van der Waals surface area contributed by atoms with E-state index in [0.29, 0.717) is 17.9 Å². The van der Waals surface area contributed by atoms with Crippen LogP contribution in [0.1, 0.15) is 37.3 Å². The molecule has 0 bridgehead atoms. The zero-order valence-corrected chi connectivity index (χ0v) is 20.9. The second-order valence-corrected chi connectivity index (χ2v) is 10.4. The second-order valence-electron chi connectivity index (χ2n) is 8.55. The molecule has 1 saturated heterocycles. The van der Waals surface area contributed by atoms with E-state index in [-0.39, 0.29) is 17.4 Å². The molecule has 2 aromatic carbocycles. The van der Waals surface area contributed by atoms with Gasteiger partial charge in [-0.3, -0.25) is 4.79 Å². The first kappa shape index (κ1) is 24.7. The molecule has 4 rings (SSSR count). The summed E-state index contributed by atoms with van der Waals surface area (Å²) in [5, 5.41) is 2.35. The summed E-state index contributed by atoms with van der Waals surface area (Å²) in [5.74, 6) is 1.20. The summed E-state index contributed by atoms with van der Waals surface area (Å²) in [6.07, 6.45) is 7.97. The number of aliphatic imine (C=N–C) groups is 1. The van der Waals surface area contributed by atoms with Crippen LogP contribution in [0.25, 0.3) is 0 Å². The maximum atomic E-state index is 14.2. The molecule has 1 fully saturated rings. The third-order valence-electron chi connectivity index (χ3n) is 6.12. The van der Waals surface area contributed by atoms with Crippen molar-refractivity contribution in [3.05, 3.63) is 88.4 Å². The van der Waals surface area contributed by atoms with E-state index in [1.807, 2.05) is 36.4 Å². The van der Waals surface area contributed by atoms with Crippen molar-refractivity contribution in [2.75, 3.05) is 18.8 Å². The summed E-state index contributed by atoms with van der Waals surface area (Å²) >= 11 is 7.19. The highest BCUT2D eigenvalue weighted by Gasteiger charge is 2.39. The average Bonchev–Trinajstić information content (AvgIpc) is 2.84. The Labute approximate surface area is 209 Å². The van der Waals surface area contributed by atoms with Crippen LogP contribution < -0.4 is 5.32 Å². The molecular formula is C27H30ClFN2O2S+2. The van der Waals surface area contributed by atoms with Gasteiger partial charge in [0.05, 0.1) is 24.5 Å². The third-order valence-corrected chi connectivity index (χ3v) is 7.40. The van der Waals surface area contributed by atoms with Gasteiger partial charge in [0.1, 0.15) is 22.9 Å². The lowest BCUT2D eigenvalue weighted by atomic mass is 9.84. The van der Waals surface area contributed by atoms with E-state index in [1.165, 1.54) is 22.7 Å². The van der Waals surface area contributed by atoms with Crippen LogP contribution >= 0.6 is 11.6 Å². The third kappa shape index (κ3) is 6.17. The Morgan fingerprint density at radius 1 is 1.18 bits per heavy atom. The minimum absolute atomic E-state index is 0.111. The van der Waals surface area contributed by atoms with Gasteiger partial charge >= 0.3 is 0 Å². The van der Waals surface area contributed by atoms with E-state index < -0.39 is 11.4 Å². The molecule has 4 nitrogen and oxygen atoms in total. The van der Waals surface area contributed by atoms with Gasteiger partial charge in [0.2, 0.25) is 5.91 Å². The van der Waals surface area contributed by atoms with Crippen LogP contribution in [-0.2, 0) is 33.3 Å². The summed E-state index contributed by atoms with van der Waals surface area (Å²) < 4.78 is 20.7. The molecule has 2 aliphatic rings. The van der Waals surface area contributed by atoms with Crippen LogP contribution in [0.3, 0.4) is 0 Å². The molecule has 7 heteroatoms. The summed E-state index contributed by atoms with van der Waals surface area (Å²) in [4.78, 5) is 18.0. The molecule has 1 aliphatic heterocycles. The van der Waals surface area contributed by atoms with Crippen molar-refractivity contribution < 1.29 is 19.2 Å². The monoisotopic (exact) mass is 500 g/mol. The standard InChI is InChI=1S/C27H28ClFN2O2S/c1-2-34-23-10-3-19(4-11-23)17-26(32)31-21-6-8-22(9-7-21)33-27(13-15-30-16-14-27)20-5-12-24(28)25(29)18-20/h3-6,8-12,18,30H,2,7,13-17H2,1H3/p+2. The largest absolute Gasteiger partial charge is 0.482 e. The highest BCUT2D eigenvalue weighted by atomic mass is 35.5. The lowest BCUT2D eigenvalue weighted by molar-refractivity contribution is -0.669. The van der Waals surface area contributed by atoms with Crippen molar-refractivity contribution in [3.63, 3.8) is 0 Å². The number of ether oxygens (including phenoxy) is 1. The van der Waals surface area contributed by atoms with E-state index >= 15 is 0 Å². The summed E-state index contributed by atoms with van der Waals surface area (Å²) in [6.45, 7) is 3.95. The van der Waals surface area contributed by atoms with Crippen molar-refractivity contribution in [3.8, 4) is 0 Å². The Hall–Kier alpha value is -2.41. The Bertz CT molecular complexity index is 1120. The molecule has 1 aliphatic carbocycles. The second kappa shape index (κ2) is 11.3. The fourth-order valence-corrected chi connectivity index (χ4v) is 5.19. The van der Waals surface area contributed by atoms with Crippen molar-refractivity contribution >= 4 is 35.0 Å². The number of hydrogen-bond acceptors (Lipinski definition) is 2. The van der Waals surface area contributed by atoms with Crippen LogP contribution in [-0.4, -0.2) is 30.5 Å². The van der Waals surface area contributed by atoms with Gasteiger partial charge in [0.15, 0.2) is 4.90 Å². The molecular weight excluding hydrogens is 471 g/mol. The maximum Gasteiger partial charge on any atom is 0.250 e. The first-order valence-electron chi connectivity index (χ1n) is 11.7.